The minimum absolute atomic E-state index is 0.0743. The minimum Gasteiger partial charge on any atom is -0.424 e. The zero-order valence-electron chi connectivity index (χ0n) is 9.86. The monoisotopic (exact) mass is 233 g/mol. The van der Waals surface area contributed by atoms with Crippen LogP contribution in [0.4, 0.5) is 6.01 Å². The molecule has 0 aliphatic rings. The molecule has 2 rings (SSSR count). The Morgan fingerprint density at radius 1 is 1.47 bits per heavy atom. The van der Waals surface area contributed by atoms with Gasteiger partial charge < -0.3 is 15.1 Å². The van der Waals surface area contributed by atoms with Crippen LogP contribution in [0, 0.1) is 0 Å². The van der Waals surface area contributed by atoms with E-state index >= 15 is 0 Å². The van der Waals surface area contributed by atoms with Gasteiger partial charge in [-0.1, -0.05) is 12.1 Å². The average Bonchev–Trinajstić information content (AvgIpc) is 2.71. The van der Waals surface area contributed by atoms with Crippen molar-refractivity contribution in [1.29, 1.82) is 0 Å². The van der Waals surface area contributed by atoms with Crippen molar-refractivity contribution in [2.75, 3.05) is 11.9 Å². The summed E-state index contributed by atoms with van der Waals surface area (Å²) in [6, 6.07) is 7.46. The Morgan fingerprint density at radius 2 is 2.24 bits per heavy atom. The molecule has 1 aromatic heterocycles. The Morgan fingerprint density at radius 3 is 2.94 bits per heavy atom. The van der Waals surface area contributed by atoms with Gasteiger partial charge in [-0.25, -0.2) is 0 Å². The molecule has 90 valence electrons. The molecule has 0 saturated heterocycles. The molecule has 0 aliphatic carbocycles. The number of oxazole rings is 1. The minimum atomic E-state index is -0.372. The second-order valence-corrected chi connectivity index (χ2v) is 3.75. The molecule has 0 unspecified atom stereocenters. The van der Waals surface area contributed by atoms with E-state index in [4.69, 9.17) is 4.42 Å². The summed E-state index contributed by atoms with van der Waals surface area (Å²) in [4.78, 5) is 15.8. The Bertz CT molecular complexity index is 488. The zero-order chi connectivity index (χ0) is 12.3. The number of anilines is 1. The molecule has 1 aromatic carbocycles. The maximum absolute atomic E-state index is 11.5. The number of para-hydroxylation sites is 2. The van der Waals surface area contributed by atoms with Crippen molar-refractivity contribution in [1.82, 2.24) is 10.3 Å². The quantitative estimate of drug-likeness (QED) is 0.844. The summed E-state index contributed by atoms with van der Waals surface area (Å²) in [7, 11) is 0. The summed E-state index contributed by atoms with van der Waals surface area (Å²) >= 11 is 0. The Balaban J connectivity index is 2.10. The van der Waals surface area contributed by atoms with Crippen molar-refractivity contribution >= 4 is 23.0 Å². The van der Waals surface area contributed by atoms with Crippen molar-refractivity contribution in [3.05, 3.63) is 24.3 Å². The molecule has 1 heterocycles. The maximum atomic E-state index is 11.5. The van der Waals surface area contributed by atoms with Crippen LogP contribution >= 0.6 is 0 Å². The third kappa shape index (κ3) is 2.55. The van der Waals surface area contributed by atoms with E-state index in [0.29, 0.717) is 18.1 Å². The number of hydrogen-bond donors (Lipinski definition) is 2. The van der Waals surface area contributed by atoms with Gasteiger partial charge in [0.05, 0.1) is 0 Å². The first-order valence-corrected chi connectivity index (χ1v) is 5.60. The fourth-order valence-electron chi connectivity index (χ4n) is 1.51. The van der Waals surface area contributed by atoms with Crippen LogP contribution in [0.5, 0.6) is 0 Å². The van der Waals surface area contributed by atoms with Gasteiger partial charge in [-0.2, -0.15) is 4.98 Å². The molecular weight excluding hydrogens is 218 g/mol. The normalized spacial score (nSPS) is 12.4. The highest BCUT2D eigenvalue weighted by molar-refractivity contribution is 5.84. The first-order valence-electron chi connectivity index (χ1n) is 5.60. The van der Waals surface area contributed by atoms with Crippen LogP contribution in [0.1, 0.15) is 13.8 Å². The van der Waals surface area contributed by atoms with Gasteiger partial charge in [0.25, 0.3) is 6.01 Å². The van der Waals surface area contributed by atoms with Crippen LogP contribution in [-0.2, 0) is 4.79 Å². The Kier molecular flexibility index (Phi) is 3.27. The molecule has 1 amide bonds. The number of nitrogens with zero attached hydrogens (tertiary/aromatic N) is 1. The van der Waals surface area contributed by atoms with E-state index in [2.05, 4.69) is 15.6 Å². The van der Waals surface area contributed by atoms with E-state index in [-0.39, 0.29) is 11.9 Å². The highest BCUT2D eigenvalue weighted by Gasteiger charge is 2.14. The third-order valence-electron chi connectivity index (χ3n) is 2.38. The lowest BCUT2D eigenvalue weighted by Crippen LogP contribution is -2.37. The van der Waals surface area contributed by atoms with Crippen LogP contribution in [0.25, 0.3) is 11.1 Å². The largest absolute Gasteiger partial charge is 0.424 e. The number of fused-ring (bicyclic) bond motifs is 1. The van der Waals surface area contributed by atoms with Gasteiger partial charge in [-0.15, -0.1) is 0 Å². The summed E-state index contributed by atoms with van der Waals surface area (Å²) < 4.78 is 5.46. The standard InChI is InChI=1S/C12H15N3O2/c1-3-13-11(16)8(2)14-12-15-9-6-4-5-7-10(9)17-12/h4-8H,3H2,1-2H3,(H,13,16)(H,14,15)/t8-/m1/s1. The van der Waals surface area contributed by atoms with E-state index in [0.717, 1.165) is 5.52 Å². The molecule has 17 heavy (non-hydrogen) atoms. The molecule has 0 spiro atoms. The third-order valence-corrected chi connectivity index (χ3v) is 2.38. The number of hydrogen-bond acceptors (Lipinski definition) is 4. The van der Waals surface area contributed by atoms with Gasteiger partial charge in [-0.3, -0.25) is 4.79 Å². The summed E-state index contributed by atoms with van der Waals surface area (Å²) in [5.41, 5.74) is 1.48. The van der Waals surface area contributed by atoms with Crippen LogP contribution in [0.15, 0.2) is 28.7 Å². The summed E-state index contributed by atoms with van der Waals surface area (Å²) in [6.45, 7) is 4.25. The number of rotatable bonds is 4. The van der Waals surface area contributed by atoms with Crippen molar-refractivity contribution in [2.45, 2.75) is 19.9 Å². The first kappa shape index (κ1) is 11.4. The lowest BCUT2D eigenvalue weighted by molar-refractivity contribution is -0.121. The molecule has 2 N–H and O–H groups in total. The van der Waals surface area contributed by atoms with Gasteiger partial charge in [0, 0.05) is 6.54 Å². The number of amides is 1. The first-order chi connectivity index (χ1) is 8.20. The van der Waals surface area contributed by atoms with Crippen molar-refractivity contribution in [3.8, 4) is 0 Å². The van der Waals surface area contributed by atoms with Crippen LogP contribution in [0.2, 0.25) is 0 Å². The predicted molar refractivity (Wildman–Crippen MR) is 65.8 cm³/mol. The molecule has 0 bridgehead atoms. The second-order valence-electron chi connectivity index (χ2n) is 3.75. The SMILES string of the molecule is CCNC(=O)[C@@H](C)Nc1nc2ccccc2o1. The Labute approximate surface area is 99.2 Å². The lowest BCUT2D eigenvalue weighted by Gasteiger charge is -2.10. The molecular formula is C12H15N3O2. The van der Waals surface area contributed by atoms with Gasteiger partial charge >= 0.3 is 0 Å². The summed E-state index contributed by atoms with van der Waals surface area (Å²) in [5, 5.41) is 5.65. The topological polar surface area (TPSA) is 67.2 Å². The molecule has 0 aliphatic heterocycles. The highest BCUT2D eigenvalue weighted by Crippen LogP contribution is 2.18. The number of nitrogens with one attached hydrogen (secondary N) is 2. The number of carbonyl (C=O) groups excluding carboxylic acids is 1. The highest BCUT2D eigenvalue weighted by atomic mass is 16.4. The van der Waals surface area contributed by atoms with E-state index in [1.807, 2.05) is 31.2 Å². The summed E-state index contributed by atoms with van der Waals surface area (Å²) in [6.07, 6.45) is 0. The number of benzene rings is 1. The molecule has 2 aromatic rings. The van der Waals surface area contributed by atoms with Gasteiger partial charge in [-0.05, 0) is 26.0 Å². The van der Waals surface area contributed by atoms with E-state index < -0.39 is 0 Å². The smallest absolute Gasteiger partial charge is 0.296 e. The fraction of sp³-hybridized carbons (Fsp3) is 0.333. The van der Waals surface area contributed by atoms with Crippen molar-refractivity contribution in [3.63, 3.8) is 0 Å². The van der Waals surface area contributed by atoms with E-state index in [9.17, 15) is 4.79 Å². The number of carbonyl (C=O) groups is 1. The van der Waals surface area contributed by atoms with Crippen molar-refractivity contribution in [2.24, 2.45) is 0 Å². The molecule has 0 fully saturated rings. The van der Waals surface area contributed by atoms with Crippen LogP contribution in [-0.4, -0.2) is 23.5 Å². The molecule has 0 radical (unpaired) electrons. The van der Waals surface area contributed by atoms with Gasteiger partial charge in [0.2, 0.25) is 5.91 Å². The lowest BCUT2D eigenvalue weighted by atomic mass is 10.3. The zero-order valence-corrected chi connectivity index (χ0v) is 9.86. The molecule has 1 atom stereocenters. The number of aromatic nitrogens is 1. The van der Waals surface area contributed by atoms with Crippen LogP contribution in [0.3, 0.4) is 0 Å². The average molecular weight is 233 g/mol. The molecule has 0 saturated carbocycles. The Hall–Kier alpha value is -2.04. The fourth-order valence-corrected chi connectivity index (χ4v) is 1.51. The second kappa shape index (κ2) is 4.86. The summed E-state index contributed by atoms with van der Waals surface area (Å²) in [5.74, 6) is -0.0743. The van der Waals surface area contributed by atoms with Crippen molar-refractivity contribution < 1.29 is 9.21 Å². The predicted octanol–water partition coefficient (Wildman–Crippen LogP) is 1.76. The van der Waals surface area contributed by atoms with E-state index in [1.54, 1.807) is 6.92 Å². The molecule has 5 nitrogen and oxygen atoms in total. The maximum Gasteiger partial charge on any atom is 0.296 e. The number of likely N-dealkylation sites (N-methyl/N-ethyl adjacent to an activating group) is 1. The van der Waals surface area contributed by atoms with Crippen LogP contribution < -0.4 is 10.6 Å². The van der Waals surface area contributed by atoms with E-state index in [1.165, 1.54) is 0 Å². The van der Waals surface area contributed by atoms with Gasteiger partial charge in [0.1, 0.15) is 11.6 Å². The van der Waals surface area contributed by atoms with Gasteiger partial charge in [0.15, 0.2) is 5.58 Å². The molecule has 5 heteroatoms.